The summed E-state index contributed by atoms with van der Waals surface area (Å²) in [5, 5.41) is 2.84. The monoisotopic (exact) mass is 423 g/mol. The van der Waals surface area contributed by atoms with Crippen LogP contribution < -0.4 is 5.32 Å². The fourth-order valence-corrected chi connectivity index (χ4v) is 3.07. The number of amides is 1. The van der Waals surface area contributed by atoms with E-state index in [-0.39, 0.29) is 18.0 Å². The molecule has 10 heteroatoms. The van der Waals surface area contributed by atoms with Gasteiger partial charge in [0.25, 0.3) is 11.9 Å². The van der Waals surface area contributed by atoms with Crippen LogP contribution in [0.2, 0.25) is 5.02 Å². The van der Waals surface area contributed by atoms with Crippen LogP contribution in [0.1, 0.15) is 27.2 Å². The average Bonchev–Trinajstić information content (AvgIpc) is 3.28. The second-order valence-electron chi connectivity index (χ2n) is 6.19. The van der Waals surface area contributed by atoms with E-state index in [2.05, 4.69) is 19.7 Å². The number of rotatable bonds is 3. The van der Waals surface area contributed by atoms with Crippen molar-refractivity contribution in [1.82, 2.24) is 4.98 Å². The minimum Gasteiger partial charge on any atom is -0.426 e. The van der Waals surface area contributed by atoms with Gasteiger partial charge >= 0.3 is 6.18 Å². The van der Waals surface area contributed by atoms with Crippen molar-refractivity contribution in [2.45, 2.75) is 12.6 Å². The summed E-state index contributed by atoms with van der Waals surface area (Å²) in [6.07, 6.45) is -3.67. The smallest absolute Gasteiger partial charge is 0.417 e. The molecule has 3 aromatic rings. The van der Waals surface area contributed by atoms with Gasteiger partial charge in [-0.05, 0) is 30.3 Å². The number of pyridine rings is 1. The molecule has 2 aromatic heterocycles. The predicted octanol–water partition coefficient (Wildman–Crippen LogP) is 5.42. The molecule has 29 heavy (non-hydrogen) atoms. The minimum absolute atomic E-state index is 0.104. The summed E-state index contributed by atoms with van der Waals surface area (Å²) in [7, 11) is 0. The van der Waals surface area contributed by atoms with Gasteiger partial charge in [-0.3, -0.25) is 4.79 Å². The van der Waals surface area contributed by atoms with E-state index in [1.807, 2.05) is 0 Å². The molecule has 0 radical (unpaired) electrons. The number of nitrogens with zero attached hydrogens (tertiary/aromatic N) is 2. The lowest BCUT2D eigenvalue weighted by Crippen LogP contribution is -2.12. The molecule has 148 valence electrons. The summed E-state index contributed by atoms with van der Waals surface area (Å²) in [4.78, 5) is 20.1. The first-order chi connectivity index (χ1) is 13.7. The van der Waals surface area contributed by atoms with E-state index >= 15 is 0 Å². The molecule has 0 saturated heterocycles. The molecule has 0 aliphatic carbocycles. The maximum atomic E-state index is 12.9. The first-order valence-electron chi connectivity index (χ1n) is 8.21. The zero-order chi connectivity index (χ0) is 20.8. The Labute approximate surface area is 166 Å². The fourth-order valence-electron chi connectivity index (χ4n) is 2.85. The van der Waals surface area contributed by atoms with Gasteiger partial charge in [-0.25, -0.2) is 9.98 Å². The Bertz CT molecular complexity index is 1150. The maximum absolute atomic E-state index is 12.9. The zero-order valence-electron chi connectivity index (χ0n) is 14.3. The SMILES string of the molecule is O=C(Nc1ccc(Cl)c(C2=Nc3ncc(C(F)(F)F)cc3C2)c1)c1ccc(F)o1. The number of carbonyl (C=O) groups excluding carboxylic acids is 1. The number of halogens is 5. The van der Waals surface area contributed by atoms with Crippen molar-refractivity contribution in [2.75, 3.05) is 5.32 Å². The van der Waals surface area contributed by atoms with E-state index in [1.165, 1.54) is 24.3 Å². The molecule has 1 N–H and O–H groups in total. The Morgan fingerprint density at radius 3 is 2.66 bits per heavy atom. The number of anilines is 1. The van der Waals surface area contributed by atoms with Crippen molar-refractivity contribution in [2.24, 2.45) is 4.99 Å². The molecule has 1 amide bonds. The highest BCUT2D eigenvalue weighted by molar-refractivity contribution is 6.34. The minimum atomic E-state index is -4.50. The zero-order valence-corrected chi connectivity index (χ0v) is 15.1. The molecule has 1 aromatic carbocycles. The summed E-state index contributed by atoms with van der Waals surface area (Å²) in [5.41, 5.74) is 0.643. The molecule has 0 saturated carbocycles. The van der Waals surface area contributed by atoms with Crippen molar-refractivity contribution < 1.29 is 26.8 Å². The highest BCUT2D eigenvalue weighted by Crippen LogP contribution is 2.35. The van der Waals surface area contributed by atoms with Crippen LogP contribution in [-0.2, 0) is 12.6 Å². The molecule has 0 fully saturated rings. The predicted molar refractivity (Wildman–Crippen MR) is 97.2 cm³/mol. The first-order valence-corrected chi connectivity index (χ1v) is 8.59. The van der Waals surface area contributed by atoms with Gasteiger partial charge in [0.05, 0.1) is 11.3 Å². The average molecular weight is 424 g/mol. The van der Waals surface area contributed by atoms with Gasteiger partial charge in [-0.2, -0.15) is 17.6 Å². The number of fused-ring (bicyclic) bond motifs is 1. The number of furan rings is 1. The Morgan fingerprint density at radius 2 is 1.97 bits per heavy atom. The fraction of sp³-hybridized carbons (Fsp3) is 0.105. The number of hydrogen-bond donors (Lipinski definition) is 1. The molecule has 0 atom stereocenters. The topological polar surface area (TPSA) is 67.5 Å². The van der Waals surface area contributed by atoms with Crippen molar-refractivity contribution in [1.29, 1.82) is 0 Å². The molecular formula is C19H10ClF4N3O2. The lowest BCUT2D eigenvalue weighted by molar-refractivity contribution is -0.137. The van der Waals surface area contributed by atoms with Crippen molar-refractivity contribution in [3.8, 4) is 0 Å². The molecule has 3 heterocycles. The standard InChI is InChI=1S/C19H10ClF4N3O2/c20-13-2-1-11(26-18(28)15-3-4-16(21)29-15)7-12(13)14-6-9-5-10(19(22,23)24)8-25-17(9)27-14/h1-5,7-8H,6H2,(H,26,28). The van der Waals surface area contributed by atoms with Gasteiger partial charge < -0.3 is 9.73 Å². The third kappa shape index (κ3) is 3.86. The Kier molecular flexibility index (Phi) is 4.62. The second-order valence-corrected chi connectivity index (χ2v) is 6.60. The highest BCUT2D eigenvalue weighted by Gasteiger charge is 2.33. The van der Waals surface area contributed by atoms with Crippen LogP contribution >= 0.6 is 11.6 Å². The van der Waals surface area contributed by atoms with Gasteiger partial charge in [-0.1, -0.05) is 11.6 Å². The van der Waals surface area contributed by atoms with Gasteiger partial charge in [0.1, 0.15) is 0 Å². The van der Waals surface area contributed by atoms with E-state index < -0.39 is 23.7 Å². The van der Waals surface area contributed by atoms with Gasteiger partial charge in [0.15, 0.2) is 11.6 Å². The first kappa shape index (κ1) is 19.1. The maximum Gasteiger partial charge on any atom is 0.417 e. The molecule has 1 aliphatic rings. The Hall–Kier alpha value is -3.20. The van der Waals surface area contributed by atoms with Crippen LogP contribution in [0.5, 0.6) is 0 Å². The summed E-state index contributed by atoms with van der Waals surface area (Å²) >= 11 is 6.22. The molecule has 1 aliphatic heterocycles. The van der Waals surface area contributed by atoms with Crippen LogP contribution in [0.15, 0.2) is 52.0 Å². The van der Waals surface area contributed by atoms with Gasteiger partial charge in [0, 0.05) is 40.5 Å². The van der Waals surface area contributed by atoms with Crippen LogP contribution in [-0.4, -0.2) is 16.6 Å². The summed E-state index contributed by atoms with van der Waals surface area (Å²) < 4.78 is 56.2. The molecule has 0 bridgehead atoms. The van der Waals surface area contributed by atoms with Crippen molar-refractivity contribution >= 4 is 34.7 Å². The van der Waals surface area contributed by atoms with Crippen LogP contribution in [0, 0.1) is 6.01 Å². The second kappa shape index (κ2) is 7.00. The number of aromatic nitrogens is 1. The van der Waals surface area contributed by atoms with Crippen molar-refractivity contribution in [3.05, 3.63) is 76.1 Å². The van der Waals surface area contributed by atoms with Crippen LogP contribution in [0.4, 0.5) is 29.1 Å². The summed E-state index contributed by atoms with van der Waals surface area (Å²) in [5.74, 6) is -0.701. The Morgan fingerprint density at radius 1 is 1.17 bits per heavy atom. The molecular weight excluding hydrogens is 414 g/mol. The van der Waals surface area contributed by atoms with Crippen molar-refractivity contribution in [3.63, 3.8) is 0 Å². The van der Waals surface area contributed by atoms with E-state index in [1.54, 1.807) is 0 Å². The lowest BCUT2D eigenvalue weighted by Gasteiger charge is -2.09. The summed E-state index contributed by atoms with van der Waals surface area (Å²) in [6, 6.07) is 6.85. The van der Waals surface area contributed by atoms with Gasteiger partial charge in [0.2, 0.25) is 0 Å². The number of hydrogen-bond acceptors (Lipinski definition) is 4. The normalized spacial score (nSPS) is 13.2. The molecule has 4 rings (SSSR count). The van der Waals surface area contributed by atoms with E-state index in [9.17, 15) is 22.4 Å². The largest absolute Gasteiger partial charge is 0.426 e. The number of carbonyl (C=O) groups is 1. The van der Waals surface area contributed by atoms with E-state index in [0.717, 1.165) is 18.3 Å². The van der Waals surface area contributed by atoms with Gasteiger partial charge in [-0.15, -0.1) is 0 Å². The highest BCUT2D eigenvalue weighted by atomic mass is 35.5. The van der Waals surface area contributed by atoms with E-state index in [4.69, 9.17) is 11.6 Å². The van der Waals surface area contributed by atoms with Crippen LogP contribution in [0.3, 0.4) is 0 Å². The lowest BCUT2D eigenvalue weighted by atomic mass is 10.0. The molecule has 0 unspecified atom stereocenters. The quantitative estimate of drug-likeness (QED) is 0.572. The van der Waals surface area contributed by atoms with Crippen LogP contribution in [0.25, 0.3) is 0 Å². The third-order valence-electron chi connectivity index (χ3n) is 4.20. The van der Waals surface area contributed by atoms with E-state index in [0.29, 0.717) is 27.5 Å². The number of nitrogens with one attached hydrogen (secondary N) is 1. The number of benzene rings is 1. The third-order valence-corrected chi connectivity index (χ3v) is 4.53. The number of alkyl halides is 3. The molecule has 5 nitrogen and oxygen atoms in total. The number of aliphatic imine (C=N–C) groups is 1. The summed E-state index contributed by atoms with van der Waals surface area (Å²) in [6.45, 7) is 0. The molecule has 0 spiro atoms. The Balaban J connectivity index is 1.59.